The number of ether oxygens (including phenoxy) is 3. The molecule has 0 spiro atoms. The van der Waals surface area contributed by atoms with Crippen molar-refractivity contribution < 1.29 is 14.2 Å². The van der Waals surface area contributed by atoms with E-state index in [2.05, 4.69) is 19.9 Å². The average molecular weight is 387 g/mol. The van der Waals surface area contributed by atoms with Gasteiger partial charge in [0.2, 0.25) is 5.90 Å². The van der Waals surface area contributed by atoms with Gasteiger partial charge in [-0.2, -0.15) is 0 Å². The van der Waals surface area contributed by atoms with Gasteiger partial charge in [0.15, 0.2) is 0 Å². The van der Waals surface area contributed by atoms with Gasteiger partial charge in [-0.1, -0.05) is 24.3 Å². The molecular weight excluding hydrogens is 362 g/mol. The first-order valence-electron chi connectivity index (χ1n) is 9.42. The number of hydrogen-bond acceptors (Lipinski definition) is 4. The van der Waals surface area contributed by atoms with Gasteiger partial charge >= 0.3 is 0 Å². The number of methoxy groups -OCH3 is 1. The first-order valence-corrected chi connectivity index (χ1v) is 9.42. The molecule has 148 valence electrons. The standard InChI is InChI=1S/C25H25NO3/c1-18-10-11-21(16-19(18)2)26-25(29-24-8-6-5-7-9-24)20(3)17-28-23-14-12-22(27-4)13-15-23/h5-17H,1-4H3/b20-17+,26-25+. The lowest BCUT2D eigenvalue weighted by atomic mass is 10.1. The quantitative estimate of drug-likeness (QED) is 0.279. The minimum absolute atomic E-state index is 0.480. The van der Waals surface area contributed by atoms with E-state index in [-0.39, 0.29) is 0 Å². The molecule has 3 rings (SSSR count). The second kappa shape index (κ2) is 9.60. The van der Waals surface area contributed by atoms with Gasteiger partial charge in [0, 0.05) is 5.57 Å². The lowest BCUT2D eigenvalue weighted by Crippen LogP contribution is -2.10. The van der Waals surface area contributed by atoms with Crippen molar-refractivity contribution in [2.75, 3.05) is 7.11 Å². The first kappa shape index (κ1) is 20.2. The number of aliphatic imine (C=N–C) groups is 1. The predicted octanol–water partition coefficient (Wildman–Crippen LogP) is 6.40. The van der Waals surface area contributed by atoms with Crippen molar-refractivity contribution in [3.63, 3.8) is 0 Å². The van der Waals surface area contributed by atoms with Crippen molar-refractivity contribution in [2.45, 2.75) is 20.8 Å². The lowest BCUT2D eigenvalue weighted by molar-refractivity contribution is 0.412. The smallest absolute Gasteiger partial charge is 0.225 e. The highest BCUT2D eigenvalue weighted by Crippen LogP contribution is 2.21. The molecule has 0 aliphatic carbocycles. The zero-order chi connectivity index (χ0) is 20.6. The summed E-state index contributed by atoms with van der Waals surface area (Å²) in [5.74, 6) is 2.68. The molecule has 0 aliphatic rings. The van der Waals surface area contributed by atoms with E-state index >= 15 is 0 Å². The SMILES string of the molecule is COc1ccc(O/C=C(C)/C(=N\c2ccc(C)c(C)c2)Oc2ccccc2)cc1. The number of rotatable bonds is 6. The Morgan fingerprint density at radius 3 is 2.14 bits per heavy atom. The molecule has 3 aromatic carbocycles. The van der Waals surface area contributed by atoms with Gasteiger partial charge in [0.05, 0.1) is 19.1 Å². The van der Waals surface area contributed by atoms with Gasteiger partial charge < -0.3 is 14.2 Å². The Balaban J connectivity index is 1.87. The van der Waals surface area contributed by atoms with Crippen LogP contribution in [0.3, 0.4) is 0 Å². The Labute approximate surface area is 172 Å². The third-order valence-electron chi connectivity index (χ3n) is 4.45. The minimum Gasteiger partial charge on any atom is -0.497 e. The Morgan fingerprint density at radius 2 is 1.48 bits per heavy atom. The van der Waals surface area contributed by atoms with Gasteiger partial charge in [0.25, 0.3) is 0 Å². The summed E-state index contributed by atoms with van der Waals surface area (Å²) in [5.41, 5.74) is 4.00. The van der Waals surface area contributed by atoms with Crippen molar-refractivity contribution in [2.24, 2.45) is 4.99 Å². The van der Waals surface area contributed by atoms with E-state index in [4.69, 9.17) is 19.2 Å². The summed E-state index contributed by atoms with van der Waals surface area (Å²) in [4.78, 5) is 4.72. The molecule has 29 heavy (non-hydrogen) atoms. The number of aryl methyl sites for hydroxylation is 2. The molecule has 0 unspecified atom stereocenters. The van der Waals surface area contributed by atoms with E-state index in [1.165, 1.54) is 11.1 Å². The summed E-state index contributed by atoms with van der Waals surface area (Å²) in [6.07, 6.45) is 1.64. The molecule has 0 heterocycles. The van der Waals surface area contributed by atoms with Crippen molar-refractivity contribution in [1.29, 1.82) is 0 Å². The number of hydrogen-bond donors (Lipinski definition) is 0. The van der Waals surface area contributed by atoms with Crippen LogP contribution in [0.5, 0.6) is 17.2 Å². The molecule has 0 fully saturated rings. The molecule has 0 N–H and O–H groups in total. The molecule has 0 saturated heterocycles. The Hall–Kier alpha value is -3.53. The summed E-state index contributed by atoms with van der Waals surface area (Å²) < 4.78 is 17.0. The van der Waals surface area contributed by atoms with Crippen LogP contribution in [-0.2, 0) is 0 Å². The first-order chi connectivity index (χ1) is 14.0. The maximum atomic E-state index is 6.06. The van der Waals surface area contributed by atoms with E-state index in [0.29, 0.717) is 17.4 Å². The molecule has 0 atom stereocenters. The van der Waals surface area contributed by atoms with Crippen LogP contribution >= 0.6 is 0 Å². The van der Waals surface area contributed by atoms with Crippen LogP contribution < -0.4 is 14.2 Å². The largest absolute Gasteiger partial charge is 0.497 e. The van der Waals surface area contributed by atoms with Gasteiger partial charge in [-0.3, -0.25) is 0 Å². The maximum Gasteiger partial charge on any atom is 0.225 e. The van der Waals surface area contributed by atoms with Gasteiger partial charge in [-0.05, 0) is 80.4 Å². The molecule has 0 aliphatic heterocycles. The predicted molar refractivity (Wildman–Crippen MR) is 117 cm³/mol. The highest BCUT2D eigenvalue weighted by atomic mass is 16.5. The molecule has 0 radical (unpaired) electrons. The molecule has 0 saturated carbocycles. The van der Waals surface area contributed by atoms with Crippen LogP contribution in [0.15, 0.2) is 89.6 Å². The molecule has 3 aromatic rings. The maximum absolute atomic E-state index is 6.06. The normalized spacial score (nSPS) is 11.9. The second-order valence-corrected chi connectivity index (χ2v) is 6.69. The molecule has 0 amide bonds. The average Bonchev–Trinajstić information content (AvgIpc) is 2.75. The fourth-order valence-electron chi connectivity index (χ4n) is 2.57. The monoisotopic (exact) mass is 387 g/mol. The van der Waals surface area contributed by atoms with Crippen LogP contribution in [0.25, 0.3) is 0 Å². The van der Waals surface area contributed by atoms with Crippen LogP contribution in [0.2, 0.25) is 0 Å². The van der Waals surface area contributed by atoms with Gasteiger partial charge in [-0.25, -0.2) is 4.99 Å². The molecular formula is C25H25NO3. The zero-order valence-corrected chi connectivity index (χ0v) is 17.2. The number of benzene rings is 3. The third-order valence-corrected chi connectivity index (χ3v) is 4.45. The fourth-order valence-corrected chi connectivity index (χ4v) is 2.57. The molecule has 0 bridgehead atoms. The van der Waals surface area contributed by atoms with Crippen molar-refractivity contribution in [3.8, 4) is 17.2 Å². The summed E-state index contributed by atoms with van der Waals surface area (Å²) in [6.45, 7) is 6.06. The van der Waals surface area contributed by atoms with Crippen molar-refractivity contribution >= 4 is 11.6 Å². The van der Waals surface area contributed by atoms with Crippen molar-refractivity contribution in [3.05, 3.63) is 95.8 Å². The summed E-state index contributed by atoms with van der Waals surface area (Å²) >= 11 is 0. The molecule has 4 nitrogen and oxygen atoms in total. The second-order valence-electron chi connectivity index (χ2n) is 6.69. The van der Waals surface area contributed by atoms with E-state index in [0.717, 1.165) is 17.0 Å². The highest BCUT2D eigenvalue weighted by Gasteiger charge is 2.08. The Bertz CT molecular complexity index is 1010. The van der Waals surface area contributed by atoms with Crippen LogP contribution in [0.4, 0.5) is 5.69 Å². The number of nitrogens with zero attached hydrogens (tertiary/aromatic N) is 1. The van der Waals surface area contributed by atoms with Crippen LogP contribution in [-0.4, -0.2) is 13.0 Å². The van der Waals surface area contributed by atoms with Crippen molar-refractivity contribution in [1.82, 2.24) is 0 Å². The van der Waals surface area contributed by atoms with Gasteiger partial charge in [-0.15, -0.1) is 0 Å². The molecule has 0 aromatic heterocycles. The minimum atomic E-state index is 0.480. The zero-order valence-electron chi connectivity index (χ0n) is 17.2. The lowest BCUT2D eigenvalue weighted by Gasteiger charge is -2.11. The van der Waals surface area contributed by atoms with E-state index in [9.17, 15) is 0 Å². The molecule has 4 heteroatoms. The highest BCUT2D eigenvalue weighted by molar-refractivity contribution is 5.96. The van der Waals surface area contributed by atoms with E-state index < -0.39 is 0 Å². The Morgan fingerprint density at radius 1 is 0.793 bits per heavy atom. The van der Waals surface area contributed by atoms with Crippen LogP contribution in [0, 0.1) is 13.8 Å². The third kappa shape index (κ3) is 5.72. The fraction of sp³-hybridized carbons (Fsp3) is 0.160. The summed E-state index contributed by atoms with van der Waals surface area (Å²) in [5, 5.41) is 0. The topological polar surface area (TPSA) is 40.0 Å². The Kier molecular flexibility index (Phi) is 6.69. The van der Waals surface area contributed by atoms with Gasteiger partial charge in [0.1, 0.15) is 17.2 Å². The summed E-state index contributed by atoms with van der Waals surface area (Å²) in [7, 11) is 1.64. The van der Waals surface area contributed by atoms with E-state index in [1.54, 1.807) is 13.4 Å². The summed E-state index contributed by atoms with van der Waals surface area (Å²) in [6, 6.07) is 23.1. The number of para-hydroxylation sites is 1. The van der Waals surface area contributed by atoms with Crippen LogP contribution in [0.1, 0.15) is 18.1 Å². The van der Waals surface area contributed by atoms with E-state index in [1.807, 2.05) is 73.7 Å².